The Bertz CT molecular complexity index is 1500. The highest BCUT2D eigenvalue weighted by Gasteiger charge is 2.16. The molecule has 3 aromatic carbocycles. The second kappa shape index (κ2) is 12.8. The maximum absolute atomic E-state index is 13.8. The second-order valence-corrected chi connectivity index (χ2v) is 9.66. The Morgan fingerprint density at radius 1 is 1.02 bits per heavy atom. The number of benzene rings is 3. The van der Waals surface area contributed by atoms with Gasteiger partial charge in [0, 0.05) is 18.7 Å². The van der Waals surface area contributed by atoms with Crippen LogP contribution in [-0.4, -0.2) is 54.2 Å². The van der Waals surface area contributed by atoms with Crippen molar-refractivity contribution in [1.82, 2.24) is 14.9 Å². The molecule has 0 spiro atoms. The first kappa shape index (κ1) is 27.4. The molecule has 2 N–H and O–H groups in total. The number of ether oxygens (including phenoxy) is 3. The van der Waals surface area contributed by atoms with Gasteiger partial charge in [-0.3, -0.25) is 0 Å². The number of carbonyl (C=O) groups excluding carboxylic acids is 1. The first-order valence-electron chi connectivity index (χ1n) is 13.0. The molecule has 2 heterocycles. The Morgan fingerprint density at radius 3 is 2.60 bits per heavy atom. The molecule has 0 saturated carbocycles. The summed E-state index contributed by atoms with van der Waals surface area (Å²) in [5.74, 6) is 1.31. The minimum absolute atomic E-state index is 0.0535. The van der Waals surface area contributed by atoms with Gasteiger partial charge in [-0.05, 0) is 62.7 Å². The largest absolute Gasteiger partial charge is 0.493 e. The average Bonchev–Trinajstić information content (AvgIpc) is 3.47. The molecule has 0 bridgehead atoms. The van der Waals surface area contributed by atoms with Gasteiger partial charge in [-0.25, -0.2) is 19.2 Å². The van der Waals surface area contributed by atoms with E-state index < -0.39 is 11.8 Å². The van der Waals surface area contributed by atoms with Gasteiger partial charge >= 0.3 is 6.03 Å². The molecule has 1 saturated heterocycles. The highest BCUT2D eigenvalue weighted by molar-refractivity contribution is 6.34. The lowest BCUT2D eigenvalue weighted by Gasteiger charge is -2.16. The smallest absolute Gasteiger partial charge is 0.323 e. The summed E-state index contributed by atoms with van der Waals surface area (Å²) >= 11 is 6.39. The summed E-state index contributed by atoms with van der Waals surface area (Å²) in [4.78, 5) is 23.4. The molecule has 1 aliphatic heterocycles. The molecule has 1 aliphatic rings. The summed E-state index contributed by atoms with van der Waals surface area (Å²) in [5.41, 5.74) is 1.01. The molecule has 0 radical (unpaired) electrons. The van der Waals surface area contributed by atoms with E-state index in [1.54, 1.807) is 37.4 Å². The molecule has 40 heavy (non-hydrogen) atoms. The fraction of sp³-hybridized carbons (Fsp3) is 0.276. The van der Waals surface area contributed by atoms with Crippen LogP contribution >= 0.6 is 11.6 Å². The van der Waals surface area contributed by atoms with Crippen molar-refractivity contribution in [3.05, 3.63) is 71.8 Å². The highest BCUT2D eigenvalue weighted by atomic mass is 35.5. The Hall–Kier alpha value is -4.15. The molecular formula is C29H29ClFN5O4. The van der Waals surface area contributed by atoms with Gasteiger partial charge in [-0.2, -0.15) is 0 Å². The maximum Gasteiger partial charge on any atom is 0.323 e. The summed E-state index contributed by atoms with van der Waals surface area (Å²) in [7, 11) is 1.58. The van der Waals surface area contributed by atoms with Crippen LogP contribution < -0.4 is 24.8 Å². The van der Waals surface area contributed by atoms with Crippen LogP contribution in [0.4, 0.5) is 20.6 Å². The van der Waals surface area contributed by atoms with Crippen LogP contribution in [0.2, 0.25) is 5.02 Å². The molecule has 9 nitrogen and oxygen atoms in total. The Balaban J connectivity index is 1.26. The van der Waals surface area contributed by atoms with Crippen LogP contribution in [0.25, 0.3) is 10.9 Å². The maximum atomic E-state index is 13.8. The molecule has 0 atom stereocenters. The molecule has 0 unspecified atom stereocenters. The zero-order valence-electron chi connectivity index (χ0n) is 22.0. The van der Waals surface area contributed by atoms with Gasteiger partial charge < -0.3 is 29.7 Å². The predicted octanol–water partition coefficient (Wildman–Crippen LogP) is 6.73. The van der Waals surface area contributed by atoms with Gasteiger partial charge in [0.05, 0.1) is 41.0 Å². The number of amides is 2. The SMILES string of the molecule is COc1cc2c(Oc3ccc(NC(=O)Nc4ccccc4F)c(Cl)c3)ncnc2cc1OCCCN1CCCC1. The standard InChI is InChI=1S/C29H29ClFN5O4/c1-38-26-16-20-25(17-27(26)39-14-6-13-36-11-4-5-12-36)32-18-33-28(20)40-19-9-10-23(21(30)15-19)34-29(37)35-24-8-3-2-7-22(24)31/h2-3,7-10,15-18H,4-6,11-14H2,1H3,(H2,34,35,37). The van der Waals surface area contributed by atoms with Crippen LogP contribution in [0, 0.1) is 5.82 Å². The summed E-state index contributed by atoms with van der Waals surface area (Å²) in [6.45, 7) is 3.91. The fourth-order valence-electron chi connectivity index (χ4n) is 4.48. The van der Waals surface area contributed by atoms with E-state index in [4.69, 9.17) is 25.8 Å². The Morgan fingerprint density at radius 2 is 1.82 bits per heavy atom. The van der Waals surface area contributed by atoms with E-state index in [9.17, 15) is 9.18 Å². The van der Waals surface area contributed by atoms with Crippen LogP contribution in [0.5, 0.6) is 23.1 Å². The quantitative estimate of drug-likeness (QED) is 0.206. The molecule has 0 aliphatic carbocycles. The van der Waals surface area contributed by atoms with Crippen molar-refractivity contribution in [2.45, 2.75) is 19.3 Å². The number of rotatable bonds is 10. The fourth-order valence-corrected chi connectivity index (χ4v) is 4.70. The van der Waals surface area contributed by atoms with E-state index in [0.29, 0.717) is 46.3 Å². The van der Waals surface area contributed by atoms with Gasteiger partial charge in [0.1, 0.15) is 17.9 Å². The van der Waals surface area contributed by atoms with Gasteiger partial charge in [0.25, 0.3) is 0 Å². The van der Waals surface area contributed by atoms with Gasteiger partial charge in [0.2, 0.25) is 5.88 Å². The van der Waals surface area contributed by atoms with Crippen molar-refractivity contribution < 1.29 is 23.4 Å². The first-order valence-corrected chi connectivity index (χ1v) is 13.4. The van der Waals surface area contributed by atoms with Crippen molar-refractivity contribution >= 4 is 39.9 Å². The first-order chi connectivity index (χ1) is 19.5. The topological polar surface area (TPSA) is 97.8 Å². The second-order valence-electron chi connectivity index (χ2n) is 9.25. The Labute approximate surface area is 236 Å². The number of aromatic nitrogens is 2. The molecule has 208 valence electrons. The number of fused-ring (bicyclic) bond motifs is 1. The molecule has 11 heteroatoms. The molecule has 1 aromatic heterocycles. The van der Waals surface area contributed by atoms with Crippen molar-refractivity contribution in [2.75, 3.05) is 44.0 Å². The van der Waals surface area contributed by atoms with Crippen LogP contribution in [0.1, 0.15) is 19.3 Å². The number of anilines is 2. The molecular weight excluding hydrogens is 537 g/mol. The summed E-state index contributed by atoms with van der Waals surface area (Å²) in [6.07, 6.45) is 4.87. The normalized spacial score (nSPS) is 13.3. The van der Waals surface area contributed by atoms with Gasteiger partial charge in [0.15, 0.2) is 11.5 Å². The number of nitrogens with zero attached hydrogens (tertiary/aromatic N) is 3. The lowest BCUT2D eigenvalue weighted by molar-refractivity contribution is 0.254. The predicted molar refractivity (Wildman–Crippen MR) is 152 cm³/mol. The minimum Gasteiger partial charge on any atom is -0.493 e. The minimum atomic E-state index is -0.636. The third-order valence-electron chi connectivity index (χ3n) is 6.48. The number of nitrogens with one attached hydrogen (secondary N) is 2. The highest BCUT2D eigenvalue weighted by Crippen LogP contribution is 2.37. The Kier molecular flexibility index (Phi) is 8.78. The van der Waals surface area contributed by atoms with Crippen LogP contribution in [-0.2, 0) is 0 Å². The summed E-state index contributed by atoms with van der Waals surface area (Å²) < 4.78 is 31.4. The van der Waals surface area contributed by atoms with Crippen molar-refractivity contribution in [3.63, 3.8) is 0 Å². The number of methoxy groups -OCH3 is 1. The van der Waals surface area contributed by atoms with E-state index in [2.05, 4.69) is 25.5 Å². The third-order valence-corrected chi connectivity index (χ3v) is 6.80. The zero-order valence-corrected chi connectivity index (χ0v) is 22.7. The number of urea groups is 1. The lowest BCUT2D eigenvalue weighted by Crippen LogP contribution is -2.21. The number of likely N-dealkylation sites (tertiary alicyclic amines) is 1. The van der Waals surface area contributed by atoms with E-state index in [1.807, 2.05) is 6.07 Å². The summed E-state index contributed by atoms with van der Waals surface area (Å²) in [5, 5.41) is 5.90. The van der Waals surface area contributed by atoms with E-state index in [0.717, 1.165) is 26.1 Å². The van der Waals surface area contributed by atoms with Crippen LogP contribution in [0.15, 0.2) is 60.9 Å². The van der Waals surface area contributed by atoms with E-state index in [-0.39, 0.29) is 10.7 Å². The van der Waals surface area contributed by atoms with E-state index in [1.165, 1.54) is 37.4 Å². The molecule has 2 amide bonds. The number of para-hydroxylation sites is 1. The third kappa shape index (κ3) is 6.70. The van der Waals surface area contributed by atoms with Crippen molar-refractivity contribution in [3.8, 4) is 23.1 Å². The van der Waals surface area contributed by atoms with Gasteiger partial charge in [-0.1, -0.05) is 23.7 Å². The average molecular weight is 566 g/mol. The monoisotopic (exact) mass is 565 g/mol. The van der Waals surface area contributed by atoms with Gasteiger partial charge in [-0.15, -0.1) is 0 Å². The lowest BCUT2D eigenvalue weighted by atomic mass is 10.2. The number of hydrogen-bond donors (Lipinski definition) is 2. The number of hydrogen-bond acceptors (Lipinski definition) is 7. The molecule has 4 aromatic rings. The number of carbonyl (C=O) groups is 1. The molecule has 5 rings (SSSR count). The van der Waals surface area contributed by atoms with Crippen LogP contribution in [0.3, 0.4) is 0 Å². The van der Waals surface area contributed by atoms with Crippen molar-refractivity contribution in [2.24, 2.45) is 0 Å². The summed E-state index contributed by atoms with van der Waals surface area (Å²) in [6, 6.07) is 13.6. The molecule has 1 fully saturated rings. The van der Waals surface area contributed by atoms with E-state index >= 15 is 0 Å². The zero-order chi connectivity index (χ0) is 27.9. The number of halogens is 2. The van der Waals surface area contributed by atoms with Crippen molar-refractivity contribution in [1.29, 1.82) is 0 Å².